The molecule has 202 valence electrons. The van der Waals surface area contributed by atoms with Crippen molar-refractivity contribution < 1.29 is 19.4 Å². The lowest BCUT2D eigenvalue weighted by atomic mass is 10.1. The Kier molecular flexibility index (Phi) is 9.02. The third-order valence-electron chi connectivity index (χ3n) is 5.93. The fourth-order valence-corrected chi connectivity index (χ4v) is 5.94. The van der Waals surface area contributed by atoms with Crippen molar-refractivity contribution in [2.45, 2.75) is 29.9 Å². The average molecular weight is 558 g/mol. The molecule has 1 saturated heterocycles. The van der Waals surface area contributed by atoms with Crippen LogP contribution in [0.25, 0.3) is 0 Å². The molecule has 1 aliphatic rings. The van der Waals surface area contributed by atoms with E-state index in [0.717, 1.165) is 14.7 Å². The first-order valence-electron chi connectivity index (χ1n) is 12.1. The summed E-state index contributed by atoms with van der Waals surface area (Å²) < 4.78 is 6.49. The van der Waals surface area contributed by atoms with Crippen molar-refractivity contribution in [2.24, 2.45) is 0 Å². The molecule has 13 heteroatoms. The van der Waals surface area contributed by atoms with Crippen LogP contribution in [0.4, 0.5) is 16.8 Å². The van der Waals surface area contributed by atoms with Crippen LogP contribution in [-0.4, -0.2) is 88.1 Å². The maximum atomic E-state index is 13.4. The van der Waals surface area contributed by atoms with Gasteiger partial charge in [0.2, 0.25) is 5.91 Å². The largest absolute Gasteiger partial charge is 0.496 e. The third kappa shape index (κ3) is 6.71. The van der Waals surface area contributed by atoms with Crippen molar-refractivity contribution in [3.05, 3.63) is 41.3 Å². The molecular formula is C25H31N7O4S2. The van der Waals surface area contributed by atoms with Crippen LogP contribution >= 0.6 is 23.1 Å². The molecule has 0 bridgehead atoms. The number of aliphatic hydroxyl groups excluding tert-OH is 1. The van der Waals surface area contributed by atoms with Crippen molar-refractivity contribution in [1.82, 2.24) is 24.8 Å². The number of rotatable bonds is 9. The second kappa shape index (κ2) is 12.4. The van der Waals surface area contributed by atoms with Gasteiger partial charge in [-0.2, -0.15) is 0 Å². The second-order valence-electron chi connectivity index (χ2n) is 8.66. The fourth-order valence-electron chi connectivity index (χ4n) is 3.99. The van der Waals surface area contributed by atoms with Gasteiger partial charge in [-0.1, -0.05) is 23.1 Å². The molecule has 0 aliphatic carbocycles. The number of carbonyl (C=O) groups is 2. The van der Waals surface area contributed by atoms with Crippen molar-refractivity contribution in [2.75, 3.05) is 57.1 Å². The Morgan fingerprint density at radius 1 is 1.11 bits per heavy atom. The first-order chi connectivity index (χ1) is 18.3. The van der Waals surface area contributed by atoms with E-state index in [2.05, 4.69) is 25.6 Å². The maximum absolute atomic E-state index is 13.4. The predicted octanol–water partition coefficient (Wildman–Crippen LogP) is 3.16. The molecule has 2 aromatic heterocycles. The third-order valence-corrected chi connectivity index (χ3v) is 8.10. The molecule has 0 unspecified atom stereocenters. The molecule has 0 radical (unpaired) electrons. The number of aryl methyl sites for hydroxylation is 2. The predicted molar refractivity (Wildman–Crippen MR) is 148 cm³/mol. The summed E-state index contributed by atoms with van der Waals surface area (Å²) in [5.74, 6) is 2.26. The van der Waals surface area contributed by atoms with Gasteiger partial charge in [0.1, 0.15) is 23.2 Å². The molecule has 0 saturated carbocycles. The molecule has 3 N–H and O–H groups in total. The normalized spacial score (nSPS) is 13.4. The SMILES string of the molecule is COc1cc(C)c(Sc2cnc(Nc3cc(NCCO)nc(C)n3)s2)cc1C(=O)N1CCN(C(C)=O)CC1. The number of aliphatic hydroxyl groups is 1. The number of nitrogens with one attached hydrogen (secondary N) is 2. The number of methoxy groups -OCH3 is 1. The molecule has 1 aliphatic heterocycles. The van der Waals surface area contributed by atoms with E-state index in [9.17, 15) is 9.59 Å². The highest BCUT2D eigenvalue weighted by Crippen LogP contribution is 2.39. The Bertz CT molecular complexity index is 1310. The first kappa shape index (κ1) is 27.6. The fraction of sp³-hybridized carbons (Fsp3) is 0.400. The van der Waals surface area contributed by atoms with Gasteiger partial charge in [-0.15, -0.1) is 0 Å². The molecule has 0 spiro atoms. The van der Waals surface area contributed by atoms with Gasteiger partial charge < -0.3 is 30.3 Å². The van der Waals surface area contributed by atoms with E-state index in [1.165, 1.54) is 23.1 Å². The van der Waals surface area contributed by atoms with E-state index in [-0.39, 0.29) is 18.4 Å². The van der Waals surface area contributed by atoms with Crippen LogP contribution in [0.3, 0.4) is 0 Å². The zero-order valence-corrected chi connectivity index (χ0v) is 23.4. The molecule has 3 heterocycles. The van der Waals surface area contributed by atoms with Gasteiger partial charge in [0, 0.05) is 50.6 Å². The number of thiazole rings is 1. The van der Waals surface area contributed by atoms with Crippen LogP contribution in [0.1, 0.15) is 28.7 Å². The summed E-state index contributed by atoms with van der Waals surface area (Å²) in [6.07, 6.45) is 1.78. The molecule has 4 rings (SSSR count). The van der Waals surface area contributed by atoms with E-state index < -0.39 is 0 Å². The number of hydrogen-bond acceptors (Lipinski definition) is 11. The lowest BCUT2D eigenvalue weighted by molar-refractivity contribution is -0.130. The van der Waals surface area contributed by atoms with Crippen LogP contribution in [0, 0.1) is 13.8 Å². The molecule has 11 nitrogen and oxygen atoms in total. The summed E-state index contributed by atoms with van der Waals surface area (Å²) in [6, 6.07) is 5.52. The van der Waals surface area contributed by atoms with E-state index in [1.54, 1.807) is 43.0 Å². The minimum Gasteiger partial charge on any atom is -0.496 e. The molecule has 2 amide bonds. The number of benzene rings is 1. The van der Waals surface area contributed by atoms with Gasteiger partial charge in [-0.05, 0) is 31.5 Å². The molecule has 38 heavy (non-hydrogen) atoms. The summed E-state index contributed by atoms with van der Waals surface area (Å²) >= 11 is 3.00. The van der Waals surface area contributed by atoms with E-state index in [1.807, 2.05) is 19.1 Å². The Balaban J connectivity index is 1.49. The number of amides is 2. The van der Waals surface area contributed by atoms with Crippen molar-refractivity contribution in [3.8, 4) is 5.75 Å². The maximum Gasteiger partial charge on any atom is 0.257 e. The topological polar surface area (TPSA) is 133 Å². The lowest BCUT2D eigenvalue weighted by Crippen LogP contribution is -2.50. The summed E-state index contributed by atoms with van der Waals surface area (Å²) in [6.45, 7) is 7.76. The van der Waals surface area contributed by atoms with Crippen LogP contribution in [0.5, 0.6) is 5.75 Å². The minimum atomic E-state index is -0.108. The summed E-state index contributed by atoms with van der Waals surface area (Å²) in [5.41, 5.74) is 1.48. The monoisotopic (exact) mass is 557 g/mol. The number of carbonyl (C=O) groups excluding carboxylic acids is 2. The van der Waals surface area contributed by atoms with Crippen LogP contribution in [-0.2, 0) is 4.79 Å². The number of anilines is 3. The molecule has 3 aromatic rings. The van der Waals surface area contributed by atoms with E-state index in [0.29, 0.717) is 66.6 Å². The van der Waals surface area contributed by atoms with Crippen LogP contribution in [0.15, 0.2) is 33.5 Å². The van der Waals surface area contributed by atoms with Gasteiger partial charge in [0.25, 0.3) is 5.91 Å². The van der Waals surface area contributed by atoms with E-state index in [4.69, 9.17) is 9.84 Å². The van der Waals surface area contributed by atoms with Gasteiger partial charge in [-0.3, -0.25) is 9.59 Å². The lowest BCUT2D eigenvalue weighted by Gasteiger charge is -2.34. The number of hydrogen-bond donors (Lipinski definition) is 3. The summed E-state index contributed by atoms with van der Waals surface area (Å²) in [7, 11) is 1.56. The molecule has 1 aromatic carbocycles. The summed E-state index contributed by atoms with van der Waals surface area (Å²) in [4.78, 5) is 42.7. The van der Waals surface area contributed by atoms with Gasteiger partial charge >= 0.3 is 0 Å². The van der Waals surface area contributed by atoms with Gasteiger partial charge in [0.05, 0.1) is 29.7 Å². The highest BCUT2D eigenvalue weighted by atomic mass is 32.2. The Morgan fingerprint density at radius 2 is 1.82 bits per heavy atom. The van der Waals surface area contributed by atoms with Gasteiger partial charge in [-0.25, -0.2) is 15.0 Å². The smallest absolute Gasteiger partial charge is 0.257 e. The molecular weight excluding hydrogens is 526 g/mol. The summed E-state index contributed by atoms with van der Waals surface area (Å²) in [5, 5.41) is 16.0. The van der Waals surface area contributed by atoms with Crippen LogP contribution < -0.4 is 15.4 Å². The van der Waals surface area contributed by atoms with Crippen LogP contribution in [0.2, 0.25) is 0 Å². The molecule has 0 atom stereocenters. The zero-order valence-electron chi connectivity index (χ0n) is 21.8. The highest BCUT2D eigenvalue weighted by molar-refractivity contribution is 8.01. The zero-order chi connectivity index (χ0) is 27.2. The van der Waals surface area contributed by atoms with Crippen molar-refractivity contribution in [3.63, 3.8) is 0 Å². The van der Waals surface area contributed by atoms with Crippen molar-refractivity contribution >= 4 is 51.7 Å². The van der Waals surface area contributed by atoms with Gasteiger partial charge in [0.15, 0.2) is 5.13 Å². The quantitative estimate of drug-likeness (QED) is 0.360. The number of ether oxygens (including phenoxy) is 1. The minimum absolute atomic E-state index is 0.00741. The Hall–Kier alpha value is -3.42. The highest BCUT2D eigenvalue weighted by Gasteiger charge is 2.26. The first-order valence-corrected chi connectivity index (χ1v) is 13.7. The Morgan fingerprint density at radius 3 is 2.50 bits per heavy atom. The second-order valence-corrected chi connectivity index (χ2v) is 11.0. The standard InChI is InChI=1S/C25H31N7O4S2/c1-15-11-19(36-4)18(24(35)32-8-6-31(7-9-32)17(3)34)12-20(15)37-23-14-27-25(38-23)30-22-13-21(26-5-10-33)28-16(2)29-22/h11-14,33H,5-10H2,1-4H3,(H2,26,27,28,29,30). The number of aromatic nitrogens is 3. The Labute approximate surface area is 229 Å². The number of piperazine rings is 1. The van der Waals surface area contributed by atoms with E-state index >= 15 is 0 Å². The molecule has 1 fully saturated rings. The number of nitrogens with zero attached hydrogens (tertiary/aromatic N) is 5. The van der Waals surface area contributed by atoms with Crippen molar-refractivity contribution in [1.29, 1.82) is 0 Å². The average Bonchev–Trinajstić information content (AvgIpc) is 3.34.